The van der Waals surface area contributed by atoms with Crippen molar-refractivity contribution in [3.63, 3.8) is 0 Å². The average molecular weight is 259 g/mol. The number of hydrogen-bond acceptors (Lipinski definition) is 2. The lowest BCUT2D eigenvalue weighted by Crippen LogP contribution is -2.12. The van der Waals surface area contributed by atoms with E-state index in [1.807, 2.05) is 0 Å². The maximum Gasteiger partial charge on any atom is 0.255 e. The molecule has 0 saturated heterocycles. The zero-order chi connectivity index (χ0) is 14.0. The topological polar surface area (TPSA) is 49.3 Å². The van der Waals surface area contributed by atoms with Crippen LogP contribution in [0.2, 0.25) is 0 Å². The van der Waals surface area contributed by atoms with Crippen molar-refractivity contribution >= 4 is 11.6 Å². The Morgan fingerprint density at radius 3 is 2.47 bits per heavy atom. The zero-order valence-corrected chi connectivity index (χ0v) is 10.7. The molecule has 0 aliphatic rings. The van der Waals surface area contributed by atoms with E-state index >= 15 is 0 Å². The van der Waals surface area contributed by atoms with Gasteiger partial charge in [-0.2, -0.15) is 0 Å². The van der Waals surface area contributed by atoms with Crippen LogP contribution in [0.1, 0.15) is 21.5 Å². The van der Waals surface area contributed by atoms with Crippen molar-refractivity contribution in [1.82, 2.24) is 0 Å². The molecule has 4 heteroatoms. The molecule has 0 atom stereocenters. The molecule has 0 aliphatic carbocycles. The molecule has 0 heterocycles. The van der Waals surface area contributed by atoms with Crippen LogP contribution in [0.25, 0.3) is 0 Å². The second-order valence-electron chi connectivity index (χ2n) is 4.41. The molecule has 2 aromatic carbocycles. The van der Waals surface area contributed by atoms with Crippen molar-refractivity contribution in [2.75, 3.05) is 5.32 Å². The number of phenols is 1. The largest absolute Gasteiger partial charge is 0.508 e. The van der Waals surface area contributed by atoms with Crippen LogP contribution in [-0.2, 0) is 0 Å². The van der Waals surface area contributed by atoms with Gasteiger partial charge >= 0.3 is 0 Å². The maximum absolute atomic E-state index is 13.1. The van der Waals surface area contributed by atoms with Gasteiger partial charge in [-0.3, -0.25) is 4.79 Å². The summed E-state index contributed by atoms with van der Waals surface area (Å²) in [5.41, 5.74) is 2.21. The van der Waals surface area contributed by atoms with Gasteiger partial charge in [-0.1, -0.05) is 12.1 Å². The Kier molecular flexibility index (Phi) is 3.51. The van der Waals surface area contributed by atoms with Gasteiger partial charge in [-0.25, -0.2) is 4.39 Å². The van der Waals surface area contributed by atoms with E-state index in [4.69, 9.17) is 0 Å². The molecular weight excluding hydrogens is 245 g/mol. The molecule has 2 N–H and O–H groups in total. The van der Waals surface area contributed by atoms with E-state index in [2.05, 4.69) is 5.32 Å². The first-order valence-corrected chi connectivity index (χ1v) is 5.84. The summed E-state index contributed by atoms with van der Waals surface area (Å²) in [5, 5.41) is 12.2. The van der Waals surface area contributed by atoms with E-state index in [0.29, 0.717) is 16.8 Å². The third kappa shape index (κ3) is 2.91. The molecule has 2 rings (SSSR count). The SMILES string of the molecule is Cc1ccc(C(=O)Nc2cc(F)ccc2C)cc1O. The molecule has 0 radical (unpaired) electrons. The Bertz CT molecular complexity index is 638. The number of benzene rings is 2. The monoisotopic (exact) mass is 259 g/mol. The summed E-state index contributed by atoms with van der Waals surface area (Å²) in [4.78, 5) is 12.0. The van der Waals surface area contributed by atoms with Crippen molar-refractivity contribution in [3.8, 4) is 5.75 Å². The van der Waals surface area contributed by atoms with Crippen LogP contribution in [-0.4, -0.2) is 11.0 Å². The number of hydrogen-bond donors (Lipinski definition) is 2. The zero-order valence-electron chi connectivity index (χ0n) is 10.7. The third-order valence-electron chi connectivity index (χ3n) is 2.92. The Hall–Kier alpha value is -2.36. The van der Waals surface area contributed by atoms with Crippen LogP contribution in [0.3, 0.4) is 0 Å². The normalized spacial score (nSPS) is 10.3. The molecule has 0 aliphatic heterocycles. The summed E-state index contributed by atoms with van der Waals surface area (Å²) in [6.45, 7) is 3.52. The summed E-state index contributed by atoms with van der Waals surface area (Å²) in [6, 6.07) is 8.85. The number of carbonyl (C=O) groups is 1. The van der Waals surface area contributed by atoms with E-state index in [1.54, 1.807) is 32.0 Å². The smallest absolute Gasteiger partial charge is 0.255 e. The highest BCUT2D eigenvalue weighted by Crippen LogP contribution is 2.20. The molecule has 3 nitrogen and oxygen atoms in total. The molecule has 0 fully saturated rings. The molecule has 2 aromatic rings. The Balaban J connectivity index is 2.25. The molecule has 0 aromatic heterocycles. The van der Waals surface area contributed by atoms with E-state index in [0.717, 1.165) is 5.56 Å². The second-order valence-corrected chi connectivity index (χ2v) is 4.41. The fraction of sp³-hybridized carbons (Fsp3) is 0.133. The number of carbonyl (C=O) groups excluding carboxylic acids is 1. The second kappa shape index (κ2) is 5.10. The van der Waals surface area contributed by atoms with Crippen molar-refractivity contribution in [3.05, 3.63) is 58.9 Å². The summed E-state index contributed by atoms with van der Waals surface area (Å²) in [5.74, 6) is -0.736. The summed E-state index contributed by atoms with van der Waals surface area (Å²) >= 11 is 0. The first-order valence-electron chi connectivity index (χ1n) is 5.84. The maximum atomic E-state index is 13.1. The van der Waals surface area contributed by atoms with Gasteiger partial charge in [0, 0.05) is 11.3 Å². The van der Waals surface area contributed by atoms with Crippen LogP contribution >= 0.6 is 0 Å². The van der Waals surface area contributed by atoms with Gasteiger partial charge in [0.15, 0.2) is 0 Å². The number of anilines is 1. The highest BCUT2D eigenvalue weighted by molar-refractivity contribution is 6.04. The molecule has 98 valence electrons. The van der Waals surface area contributed by atoms with E-state index < -0.39 is 5.82 Å². The van der Waals surface area contributed by atoms with Gasteiger partial charge in [0.1, 0.15) is 11.6 Å². The van der Waals surface area contributed by atoms with Gasteiger partial charge in [0.25, 0.3) is 5.91 Å². The van der Waals surface area contributed by atoms with Crippen LogP contribution < -0.4 is 5.32 Å². The molecule has 0 unspecified atom stereocenters. The van der Waals surface area contributed by atoms with Crippen molar-refractivity contribution in [1.29, 1.82) is 0 Å². The number of phenolic OH excluding ortho intramolecular Hbond substituents is 1. The summed E-state index contributed by atoms with van der Waals surface area (Å²) in [7, 11) is 0. The lowest BCUT2D eigenvalue weighted by atomic mass is 10.1. The minimum Gasteiger partial charge on any atom is -0.508 e. The Morgan fingerprint density at radius 2 is 1.79 bits per heavy atom. The molecule has 0 spiro atoms. The first-order chi connectivity index (χ1) is 8.97. The lowest BCUT2D eigenvalue weighted by Gasteiger charge is -2.09. The third-order valence-corrected chi connectivity index (χ3v) is 2.92. The van der Waals surface area contributed by atoms with E-state index in [9.17, 15) is 14.3 Å². The van der Waals surface area contributed by atoms with Crippen molar-refractivity contribution in [2.24, 2.45) is 0 Å². The number of aryl methyl sites for hydroxylation is 2. The minimum absolute atomic E-state index is 0.0589. The number of halogens is 1. The Morgan fingerprint density at radius 1 is 1.11 bits per heavy atom. The molecule has 0 bridgehead atoms. The minimum atomic E-state index is -0.410. The quantitative estimate of drug-likeness (QED) is 0.868. The Labute approximate surface area is 110 Å². The standard InChI is InChI=1S/C15H14FNO2/c1-9-4-6-12(16)8-13(9)17-15(19)11-5-3-10(2)14(18)7-11/h3-8,18H,1-2H3,(H,17,19). The number of nitrogens with one attached hydrogen (secondary N) is 1. The predicted molar refractivity (Wildman–Crippen MR) is 71.9 cm³/mol. The lowest BCUT2D eigenvalue weighted by molar-refractivity contribution is 0.102. The van der Waals surface area contributed by atoms with Crippen LogP contribution in [0.15, 0.2) is 36.4 Å². The highest BCUT2D eigenvalue weighted by atomic mass is 19.1. The summed E-state index contributed by atoms with van der Waals surface area (Å²) in [6.07, 6.45) is 0. The van der Waals surface area contributed by atoms with Gasteiger partial charge in [-0.15, -0.1) is 0 Å². The van der Waals surface area contributed by atoms with Crippen LogP contribution in [0.5, 0.6) is 5.75 Å². The number of amides is 1. The molecule has 19 heavy (non-hydrogen) atoms. The van der Waals surface area contributed by atoms with Gasteiger partial charge in [0.2, 0.25) is 0 Å². The van der Waals surface area contributed by atoms with E-state index in [1.165, 1.54) is 18.2 Å². The van der Waals surface area contributed by atoms with Crippen molar-refractivity contribution < 1.29 is 14.3 Å². The van der Waals surface area contributed by atoms with Crippen LogP contribution in [0.4, 0.5) is 10.1 Å². The fourth-order valence-electron chi connectivity index (χ4n) is 1.67. The van der Waals surface area contributed by atoms with Crippen LogP contribution in [0, 0.1) is 19.7 Å². The summed E-state index contributed by atoms with van der Waals surface area (Å²) < 4.78 is 13.1. The van der Waals surface area contributed by atoms with Gasteiger partial charge in [-0.05, 0) is 49.2 Å². The molecule has 0 saturated carbocycles. The average Bonchev–Trinajstić information content (AvgIpc) is 2.37. The molecule has 1 amide bonds. The number of rotatable bonds is 2. The van der Waals surface area contributed by atoms with Gasteiger partial charge in [0.05, 0.1) is 0 Å². The van der Waals surface area contributed by atoms with Gasteiger partial charge < -0.3 is 10.4 Å². The predicted octanol–water partition coefficient (Wildman–Crippen LogP) is 3.40. The molecular formula is C15H14FNO2. The first kappa shape index (κ1) is 13.1. The fourth-order valence-corrected chi connectivity index (χ4v) is 1.67. The highest BCUT2D eigenvalue weighted by Gasteiger charge is 2.10. The van der Waals surface area contributed by atoms with E-state index in [-0.39, 0.29) is 11.7 Å². The van der Waals surface area contributed by atoms with Crippen molar-refractivity contribution in [2.45, 2.75) is 13.8 Å². The number of aromatic hydroxyl groups is 1.